The minimum absolute atomic E-state index is 0.381. The van der Waals surface area contributed by atoms with Crippen LogP contribution in [0.2, 0.25) is 0 Å². The molecule has 1 aromatic heterocycles. The van der Waals surface area contributed by atoms with Crippen LogP contribution in [0.1, 0.15) is 22.3 Å². The Bertz CT molecular complexity index is 2460. The maximum atomic E-state index is 6.16. The summed E-state index contributed by atoms with van der Waals surface area (Å²) in [6.07, 6.45) is 0. The molecule has 0 atom stereocenters. The first-order valence-corrected chi connectivity index (χ1v) is 16.5. The Balaban J connectivity index is 1.14. The smallest absolute Gasteiger partial charge is 0.137 e. The first-order valence-electron chi connectivity index (χ1n) is 15.7. The van der Waals surface area contributed by atoms with Gasteiger partial charge in [0.15, 0.2) is 0 Å². The SMILES string of the molecule is c1cc(Nc2cccc3oc4ccccc4c23)cc(-c2ccc3c(c2)C2(c4ccccc4S3)c3ccccc3-c3ccccc32)c1. The van der Waals surface area contributed by atoms with E-state index in [1.54, 1.807) is 0 Å². The topological polar surface area (TPSA) is 25.2 Å². The molecule has 0 saturated heterocycles. The molecule has 46 heavy (non-hydrogen) atoms. The summed E-state index contributed by atoms with van der Waals surface area (Å²) in [6.45, 7) is 0. The zero-order valence-corrected chi connectivity index (χ0v) is 25.6. The largest absolute Gasteiger partial charge is 0.456 e. The van der Waals surface area contributed by atoms with Gasteiger partial charge in [-0.3, -0.25) is 0 Å². The van der Waals surface area contributed by atoms with Gasteiger partial charge in [0.05, 0.1) is 16.5 Å². The van der Waals surface area contributed by atoms with Gasteiger partial charge in [-0.05, 0) is 93.0 Å². The molecule has 216 valence electrons. The van der Waals surface area contributed by atoms with E-state index in [1.807, 2.05) is 36.0 Å². The van der Waals surface area contributed by atoms with Gasteiger partial charge in [-0.15, -0.1) is 0 Å². The summed E-state index contributed by atoms with van der Waals surface area (Å²) < 4.78 is 6.16. The number of fused-ring (bicyclic) bond motifs is 12. The van der Waals surface area contributed by atoms with Crippen molar-refractivity contribution in [1.82, 2.24) is 0 Å². The van der Waals surface area contributed by atoms with Gasteiger partial charge in [-0.2, -0.15) is 0 Å². The molecule has 2 nitrogen and oxygen atoms in total. The lowest BCUT2D eigenvalue weighted by Gasteiger charge is -2.40. The predicted octanol–water partition coefficient (Wildman–Crippen LogP) is 11.8. The highest BCUT2D eigenvalue weighted by Crippen LogP contribution is 2.62. The second-order valence-electron chi connectivity index (χ2n) is 12.1. The van der Waals surface area contributed by atoms with Crippen molar-refractivity contribution in [2.45, 2.75) is 15.2 Å². The summed E-state index contributed by atoms with van der Waals surface area (Å²) in [7, 11) is 0. The molecule has 0 unspecified atom stereocenters. The van der Waals surface area contributed by atoms with Crippen molar-refractivity contribution in [3.05, 3.63) is 180 Å². The maximum absolute atomic E-state index is 6.16. The van der Waals surface area contributed by atoms with Crippen molar-refractivity contribution < 1.29 is 4.42 Å². The molecular weight excluding hydrogens is 579 g/mol. The van der Waals surface area contributed by atoms with Gasteiger partial charge in [0.2, 0.25) is 0 Å². The van der Waals surface area contributed by atoms with E-state index in [9.17, 15) is 0 Å². The van der Waals surface area contributed by atoms with Gasteiger partial charge in [-0.25, -0.2) is 0 Å². The van der Waals surface area contributed by atoms with Crippen LogP contribution in [-0.2, 0) is 5.41 Å². The third-order valence-electron chi connectivity index (χ3n) is 9.72. The number of furan rings is 1. The van der Waals surface area contributed by atoms with E-state index in [0.29, 0.717) is 0 Å². The van der Waals surface area contributed by atoms with Crippen molar-refractivity contribution in [3.8, 4) is 22.3 Å². The highest BCUT2D eigenvalue weighted by atomic mass is 32.2. The van der Waals surface area contributed by atoms with Gasteiger partial charge < -0.3 is 9.73 Å². The number of nitrogens with one attached hydrogen (secondary N) is 1. The van der Waals surface area contributed by atoms with Crippen LogP contribution in [-0.4, -0.2) is 0 Å². The summed E-state index contributed by atoms with van der Waals surface area (Å²) in [5, 5.41) is 5.94. The summed E-state index contributed by atoms with van der Waals surface area (Å²) in [4.78, 5) is 2.63. The fraction of sp³-hybridized carbons (Fsp3) is 0.0233. The minimum Gasteiger partial charge on any atom is -0.456 e. The third-order valence-corrected chi connectivity index (χ3v) is 10.9. The van der Waals surface area contributed by atoms with Crippen LogP contribution in [0.15, 0.2) is 172 Å². The van der Waals surface area contributed by atoms with Crippen molar-refractivity contribution in [2.24, 2.45) is 0 Å². The molecule has 3 heteroatoms. The van der Waals surface area contributed by atoms with Crippen LogP contribution in [0.4, 0.5) is 11.4 Å². The van der Waals surface area contributed by atoms with Crippen molar-refractivity contribution in [3.63, 3.8) is 0 Å². The Morgan fingerprint density at radius 2 is 1.13 bits per heavy atom. The van der Waals surface area contributed by atoms with Crippen molar-refractivity contribution in [2.75, 3.05) is 5.32 Å². The average Bonchev–Trinajstić information content (AvgIpc) is 3.64. The van der Waals surface area contributed by atoms with Crippen LogP contribution in [0.5, 0.6) is 0 Å². The summed E-state index contributed by atoms with van der Waals surface area (Å²) >= 11 is 1.88. The van der Waals surface area contributed by atoms with Gasteiger partial charge in [0, 0.05) is 20.9 Å². The monoisotopic (exact) mass is 605 g/mol. The summed E-state index contributed by atoms with van der Waals surface area (Å²) in [6, 6.07) is 57.2. The van der Waals surface area contributed by atoms with E-state index < -0.39 is 0 Å². The van der Waals surface area contributed by atoms with E-state index in [0.717, 1.165) is 33.3 Å². The fourth-order valence-electron chi connectivity index (χ4n) is 7.85. The number of rotatable bonds is 3. The van der Waals surface area contributed by atoms with Crippen LogP contribution in [0.3, 0.4) is 0 Å². The standard InChI is InChI=1S/C43H27NOS/c1-4-16-33-30(13-1)31-14-2-5-17-34(31)43(33)35-18-6-8-22-40(35)46-41-24-23-28(26-36(41)43)27-11-9-12-29(25-27)44-37-19-10-21-39-42(37)32-15-3-7-20-38(32)45-39/h1-26,44H. The van der Waals surface area contributed by atoms with Crippen molar-refractivity contribution in [1.29, 1.82) is 0 Å². The Hall–Kier alpha value is -5.51. The van der Waals surface area contributed by atoms with Crippen molar-refractivity contribution >= 4 is 45.1 Å². The lowest BCUT2D eigenvalue weighted by atomic mass is 9.67. The molecule has 0 saturated carbocycles. The van der Waals surface area contributed by atoms with E-state index in [-0.39, 0.29) is 5.41 Å². The lowest BCUT2D eigenvalue weighted by Crippen LogP contribution is -2.32. The predicted molar refractivity (Wildman–Crippen MR) is 190 cm³/mol. The quantitative estimate of drug-likeness (QED) is 0.217. The Labute approximate surface area is 271 Å². The second-order valence-corrected chi connectivity index (χ2v) is 13.2. The van der Waals surface area contributed by atoms with Gasteiger partial charge in [0.25, 0.3) is 0 Å². The molecule has 1 aliphatic heterocycles. The minimum atomic E-state index is -0.381. The molecule has 2 heterocycles. The van der Waals surface area contributed by atoms with Gasteiger partial charge in [0.1, 0.15) is 11.2 Å². The Kier molecular flexibility index (Phi) is 5.46. The van der Waals surface area contributed by atoms with Crippen LogP contribution >= 0.6 is 11.8 Å². The molecule has 1 N–H and O–H groups in total. The van der Waals surface area contributed by atoms with E-state index in [2.05, 4.69) is 139 Å². The lowest BCUT2D eigenvalue weighted by molar-refractivity contribution is 0.669. The first kappa shape index (κ1) is 25.8. The Morgan fingerprint density at radius 3 is 1.98 bits per heavy atom. The number of hydrogen-bond acceptors (Lipinski definition) is 3. The van der Waals surface area contributed by atoms with E-state index in [1.165, 1.54) is 54.3 Å². The van der Waals surface area contributed by atoms with Crippen LogP contribution < -0.4 is 5.32 Å². The van der Waals surface area contributed by atoms with Gasteiger partial charge >= 0.3 is 0 Å². The van der Waals surface area contributed by atoms with E-state index in [4.69, 9.17) is 4.42 Å². The molecule has 10 rings (SSSR count). The Morgan fingerprint density at radius 1 is 0.478 bits per heavy atom. The second kappa shape index (κ2) is 9.74. The molecule has 0 fully saturated rings. The highest BCUT2D eigenvalue weighted by Gasteiger charge is 2.50. The number of anilines is 2. The maximum Gasteiger partial charge on any atom is 0.137 e. The molecular formula is C43H27NOS. The zero-order chi connectivity index (χ0) is 30.2. The normalized spacial score (nSPS) is 13.7. The van der Waals surface area contributed by atoms with E-state index >= 15 is 0 Å². The summed E-state index contributed by atoms with van der Waals surface area (Å²) in [5.41, 5.74) is 13.9. The fourth-order valence-corrected chi connectivity index (χ4v) is 9.02. The van der Waals surface area contributed by atoms with Gasteiger partial charge in [-0.1, -0.05) is 121 Å². The third kappa shape index (κ3) is 3.55. The molecule has 0 bridgehead atoms. The molecule has 2 aliphatic rings. The number of benzene rings is 7. The molecule has 1 spiro atoms. The first-order chi connectivity index (χ1) is 22.8. The molecule has 8 aromatic rings. The summed E-state index contributed by atoms with van der Waals surface area (Å²) in [5.74, 6) is 0. The van der Waals surface area contributed by atoms with Crippen LogP contribution in [0, 0.1) is 0 Å². The highest BCUT2D eigenvalue weighted by molar-refractivity contribution is 7.99. The average molecular weight is 606 g/mol. The number of para-hydroxylation sites is 1. The molecule has 7 aromatic carbocycles. The number of hydrogen-bond donors (Lipinski definition) is 1. The molecule has 1 aliphatic carbocycles. The molecule has 0 amide bonds. The molecule has 0 radical (unpaired) electrons. The van der Waals surface area contributed by atoms with Crippen LogP contribution in [0.25, 0.3) is 44.2 Å². The zero-order valence-electron chi connectivity index (χ0n) is 24.8.